The number of hydrogen-bond donors (Lipinski definition) is 1. The Balaban J connectivity index is 1.85. The number of aromatic nitrogens is 1. The summed E-state index contributed by atoms with van der Waals surface area (Å²) in [4.78, 5) is 16.6. The largest absolute Gasteiger partial charge is 0.503 e. The number of carbonyl (C=O) groups excluding carboxylic acids is 1. The number of rotatable bonds is 5. The van der Waals surface area contributed by atoms with E-state index < -0.39 is 0 Å². The molecule has 0 aliphatic heterocycles. The van der Waals surface area contributed by atoms with Gasteiger partial charge in [0.25, 0.3) is 0 Å². The van der Waals surface area contributed by atoms with Crippen LogP contribution < -0.4 is 4.74 Å². The third kappa shape index (κ3) is 3.42. The molecule has 1 N–H and O–H groups in total. The van der Waals surface area contributed by atoms with Gasteiger partial charge >= 0.3 is 0 Å². The van der Waals surface area contributed by atoms with Gasteiger partial charge in [0.15, 0.2) is 16.5 Å². The Labute approximate surface area is 148 Å². The molecule has 3 rings (SSSR count). The lowest BCUT2D eigenvalue weighted by molar-refractivity contribution is 0.104. The average molecular weight is 360 g/mol. The average Bonchev–Trinajstić information content (AvgIpc) is 3.01. The number of fused-ring (bicyclic) bond motifs is 1. The molecule has 0 aliphatic carbocycles. The highest BCUT2D eigenvalue weighted by Crippen LogP contribution is 2.35. The van der Waals surface area contributed by atoms with E-state index in [4.69, 9.17) is 16.3 Å². The van der Waals surface area contributed by atoms with Crippen molar-refractivity contribution in [3.63, 3.8) is 0 Å². The van der Waals surface area contributed by atoms with Gasteiger partial charge in [-0.1, -0.05) is 29.8 Å². The van der Waals surface area contributed by atoms with E-state index in [-0.39, 0.29) is 22.3 Å². The van der Waals surface area contributed by atoms with Crippen LogP contribution in [0.2, 0.25) is 5.02 Å². The summed E-state index contributed by atoms with van der Waals surface area (Å²) in [6.45, 7) is 2.22. The maximum atomic E-state index is 12.3. The third-order valence-electron chi connectivity index (χ3n) is 3.28. The van der Waals surface area contributed by atoms with Crippen molar-refractivity contribution in [3.8, 4) is 11.5 Å². The Morgan fingerprint density at radius 3 is 2.92 bits per heavy atom. The molecule has 4 nitrogen and oxygen atoms in total. The molecule has 0 spiro atoms. The topological polar surface area (TPSA) is 59.4 Å². The van der Waals surface area contributed by atoms with E-state index in [2.05, 4.69) is 4.98 Å². The number of ether oxygens (including phenoxy) is 1. The fourth-order valence-corrected chi connectivity index (χ4v) is 3.28. The van der Waals surface area contributed by atoms with E-state index in [9.17, 15) is 9.90 Å². The van der Waals surface area contributed by atoms with Crippen LogP contribution in [0.15, 0.2) is 42.5 Å². The minimum atomic E-state index is -0.182. The molecular weight excluding hydrogens is 346 g/mol. The minimum absolute atomic E-state index is 0.104. The summed E-state index contributed by atoms with van der Waals surface area (Å²) < 4.78 is 6.30. The summed E-state index contributed by atoms with van der Waals surface area (Å²) in [5.74, 6) is 0.00334. The minimum Gasteiger partial charge on any atom is -0.503 e. The van der Waals surface area contributed by atoms with E-state index in [1.165, 1.54) is 17.4 Å². The summed E-state index contributed by atoms with van der Waals surface area (Å²) in [7, 11) is 0. The van der Waals surface area contributed by atoms with Gasteiger partial charge < -0.3 is 9.84 Å². The number of phenolic OH excluding ortho intramolecular Hbond substituents is 1. The number of nitrogens with zero attached hydrogens (tertiary/aromatic N) is 1. The maximum Gasteiger partial charge on any atom is 0.214 e. The molecule has 0 saturated heterocycles. The molecule has 1 heterocycles. The van der Waals surface area contributed by atoms with Crippen LogP contribution in [0, 0.1) is 0 Å². The molecule has 0 bridgehead atoms. The first kappa shape index (κ1) is 16.5. The normalized spacial score (nSPS) is 11.2. The molecule has 0 unspecified atom stereocenters. The quantitative estimate of drug-likeness (QED) is 0.517. The van der Waals surface area contributed by atoms with Gasteiger partial charge in [-0.25, -0.2) is 4.98 Å². The first-order valence-electron chi connectivity index (χ1n) is 7.31. The lowest BCUT2D eigenvalue weighted by atomic mass is 10.1. The van der Waals surface area contributed by atoms with Crippen molar-refractivity contribution in [2.75, 3.05) is 6.61 Å². The molecule has 6 heteroatoms. The fraction of sp³-hybridized carbons (Fsp3) is 0.111. The van der Waals surface area contributed by atoms with Gasteiger partial charge in [-0.2, -0.15) is 0 Å². The Morgan fingerprint density at radius 1 is 1.38 bits per heavy atom. The van der Waals surface area contributed by atoms with Crippen LogP contribution in [0.5, 0.6) is 11.5 Å². The van der Waals surface area contributed by atoms with Gasteiger partial charge in [-0.05, 0) is 42.8 Å². The highest BCUT2D eigenvalue weighted by atomic mass is 35.5. The van der Waals surface area contributed by atoms with Crippen LogP contribution in [0.4, 0.5) is 0 Å². The first-order chi connectivity index (χ1) is 11.6. The fourth-order valence-electron chi connectivity index (χ4n) is 2.18. The molecule has 24 heavy (non-hydrogen) atoms. The monoisotopic (exact) mass is 359 g/mol. The second kappa shape index (κ2) is 7.03. The van der Waals surface area contributed by atoms with Crippen molar-refractivity contribution in [1.29, 1.82) is 0 Å². The van der Waals surface area contributed by atoms with E-state index in [1.807, 2.05) is 31.2 Å². The highest BCUT2D eigenvalue weighted by Gasteiger charge is 2.11. The summed E-state index contributed by atoms with van der Waals surface area (Å²) in [5.41, 5.74) is 1.47. The lowest BCUT2D eigenvalue weighted by Gasteiger charge is -2.08. The molecule has 3 aromatic rings. The predicted octanol–water partition coefficient (Wildman–Crippen LogP) is 4.95. The van der Waals surface area contributed by atoms with Gasteiger partial charge in [0.1, 0.15) is 0 Å². The van der Waals surface area contributed by atoms with Gasteiger partial charge in [-0.15, -0.1) is 11.3 Å². The molecule has 1 aromatic heterocycles. The van der Waals surface area contributed by atoms with Gasteiger partial charge in [0.2, 0.25) is 5.78 Å². The third-order valence-corrected chi connectivity index (χ3v) is 4.62. The molecule has 0 radical (unpaired) electrons. The predicted molar refractivity (Wildman–Crippen MR) is 97.3 cm³/mol. The second-order valence-electron chi connectivity index (χ2n) is 4.97. The lowest BCUT2D eigenvalue weighted by Crippen LogP contribution is -1.94. The SMILES string of the molecule is CCOc1cc(C=CC(=O)c2nc3ccccc3s2)cc(Cl)c1O. The number of allylic oxidation sites excluding steroid dienone is 1. The van der Waals surface area contributed by atoms with E-state index >= 15 is 0 Å². The number of thiazole rings is 1. The van der Waals surface area contributed by atoms with E-state index in [0.29, 0.717) is 17.2 Å². The number of phenols is 1. The molecular formula is C18H14ClNO3S. The van der Waals surface area contributed by atoms with Gasteiger partial charge in [0, 0.05) is 0 Å². The zero-order chi connectivity index (χ0) is 17.1. The molecule has 122 valence electrons. The van der Waals surface area contributed by atoms with Gasteiger partial charge in [-0.3, -0.25) is 4.79 Å². The Morgan fingerprint density at radius 2 is 2.17 bits per heavy atom. The van der Waals surface area contributed by atoms with Crippen LogP contribution in [-0.4, -0.2) is 22.5 Å². The number of aromatic hydroxyl groups is 1. The Bertz CT molecular complexity index is 900. The van der Waals surface area contributed by atoms with Crippen LogP contribution in [-0.2, 0) is 0 Å². The number of ketones is 1. The van der Waals surface area contributed by atoms with Gasteiger partial charge in [0.05, 0.1) is 21.8 Å². The van der Waals surface area contributed by atoms with Crippen molar-refractivity contribution < 1.29 is 14.6 Å². The number of carbonyl (C=O) groups is 1. The van der Waals surface area contributed by atoms with Crippen LogP contribution in [0.1, 0.15) is 22.3 Å². The van der Waals surface area contributed by atoms with Crippen molar-refractivity contribution in [2.24, 2.45) is 0 Å². The van der Waals surface area contributed by atoms with Crippen LogP contribution in [0.25, 0.3) is 16.3 Å². The molecule has 0 fully saturated rings. The summed E-state index contributed by atoms with van der Waals surface area (Å²) in [5, 5.41) is 10.4. The Hall–Kier alpha value is -2.37. The summed E-state index contributed by atoms with van der Waals surface area (Å²) >= 11 is 7.34. The van der Waals surface area contributed by atoms with Crippen molar-refractivity contribution in [1.82, 2.24) is 4.98 Å². The highest BCUT2D eigenvalue weighted by molar-refractivity contribution is 7.20. The number of para-hydroxylation sites is 1. The number of halogens is 1. The van der Waals surface area contributed by atoms with E-state index in [1.54, 1.807) is 18.2 Å². The number of benzene rings is 2. The Kier molecular flexibility index (Phi) is 4.83. The van der Waals surface area contributed by atoms with Crippen molar-refractivity contribution >= 4 is 45.0 Å². The molecule has 0 aliphatic rings. The summed E-state index contributed by atoms with van der Waals surface area (Å²) in [6.07, 6.45) is 3.07. The smallest absolute Gasteiger partial charge is 0.214 e. The zero-order valence-electron chi connectivity index (χ0n) is 12.8. The summed E-state index contributed by atoms with van der Waals surface area (Å²) in [6, 6.07) is 10.8. The zero-order valence-corrected chi connectivity index (χ0v) is 14.4. The van der Waals surface area contributed by atoms with Crippen molar-refractivity contribution in [2.45, 2.75) is 6.92 Å². The van der Waals surface area contributed by atoms with E-state index in [0.717, 1.165) is 10.2 Å². The second-order valence-corrected chi connectivity index (χ2v) is 6.40. The first-order valence-corrected chi connectivity index (χ1v) is 8.51. The number of hydrogen-bond acceptors (Lipinski definition) is 5. The van der Waals surface area contributed by atoms with Crippen molar-refractivity contribution in [3.05, 3.63) is 58.1 Å². The maximum absolute atomic E-state index is 12.3. The standard InChI is InChI=1S/C18H14ClNO3S/c1-2-23-15-10-11(9-12(19)17(15)22)7-8-14(21)18-20-13-5-3-4-6-16(13)24-18/h3-10,22H,2H2,1H3. The molecule has 2 aromatic carbocycles. The molecule has 0 saturated carbocycles. The van der Waals surface area contributed by atoms with Crippen LogP contribution in [0.3, 0.4) is 0 Å². The molecule has 0 atom stereocenters. The molecule has 0 amide bonds. The van der Waals surface area contributed by atoms with Crippen LogP contribution >= 0.6 is 22.9 Å².